The molecule has 1 aromatic rings. The second-order valence-electron chi connectivity index (χ2n) is 4.41. The number of carbonyl (C=O) groups is 1. The van der Waals surface area contributed by atoms with Gasteiger partial charge in [-0.1, -0.05) is 5.16 Å². The molecule has 3 N–H and O–H groups in total. The van der Waals surface area contributed by atoms with Gasteiger partial charge in [-0.15, -0.1) is 12.4 Å². The maximum Gasteiger partial charge on any atom is 0.273 e. The van der Waals surface area contributed by atoms with Crippen molar-refractivity contribution in [1.82, 2.24) is 10.5 Å². The Morgan fingerprint density at radius 3 is 3.00 bits per heavy atom. The lowest BCUT2D eigenvalue weighted by Gasteiger charge is -2.04. The van der Waals surface area contributed by atoms with Crippen LogP contribution in [0.1, 0.15) is 48.4 Å². The number of carbonyl (C=O) groups excluding carboxylic acids is 1. The molecule has 1 amide bonds. The second-order valence-corrected chi connectivity index (χ2v) is 4.41. The van der Waals surface area contributed by atoms with Crippen LogP contribution in [-0.4, -0.2) is 23.7 Å². The zero-order chi connectivity index (χ0) is 11.5. The average molecular weight is 260 g/mol. The molecule has 0 aliphatic heterocycles. The highest BCUT2D eigenvalue weighted by atomic mass is 35.5. The number of nitrogens with two attached hydrogens (primary N) is 1. The fraction of sp³-hybridized carbons (Fsp3) is 0.636. The van der Waals surface area contributed by atoms with Crippen LogP contribution in [0.2, 0.25) is 0 Å². The van der Waals surface area contributed by atoms with E-state index in [9.17, 15) is 4.79 Å². The van der Waals surface area contributed by atoms with Crippen LogP contribution in [0.15, 0.2) is 10.6 Å². The van der Waals surface area contributed by atoms with E-state index in [0.29, 0.717) is 18.2 Å². The highest BCUT2D eigenvalue weighted by Gasteiger charge is 2.28. The predicted octanol–water partition coefficient (Wildman–Crippen LogP) is 1.44. The molecule has 1 aromatic heterocycles. The lowest BCUT2D eigenvalue weighted by molar-refractivity contribution is 0.0943. The normalized spacial score (nSPS) is 16.1. The maximum absolute atomic E-state index is 11.6. The first-order chi connectivity index (χ1) is 7.66. The standard InChI is InChI=1S/C11H17N3O2.ClH/c1-7(12)4-5-13-11(15)9-6-10(16-14-9)8-2-3-8;/h6-8H,2-5,12H2,1H3,(H,13,15);1H. The van der Waals surface area contributed by atoms with Gasteiger partial charge >= 0.3 is 0 Å². The molecule has 17 heavy (non-hydrogen) atoms. The van der Waals surface area contributed by atoms with Crippen molar-refractivity contribution in [3.63, 3.8) is 0 Å². The zero-order valence-electron chi connectivity index (χ0n) is 9.81. The van der Waals surface area contributed by atoms with Crippen LogP contribution in [0, 0.1) is 0 Å². The smallest absolute Gasteiger partial charge is 0.273 e. The number of hydrogen-bond donors (Lipinski definition) is 2. The van der Waals surface area contributed by atoms with Gasteiger partial charge in [0.15, 0.2) is 5.69 Å². The van der Waals surface area contributed by atoms with Crippen molar-refractivity contribution in [2.45, 2.75) is 38.1 Å². The topological polar surface area (TPSA) is 81.1 Å². The highest BCUT2D eigenvalue weighted by molar-refractivity contribution is 5.92. The number of halogens is 1. The SMILES string of the molecule is CC(N)CCNC(=O)c1cc(C2CC2)on1.Cl. The Hall–Kier alpha value is -1.07. The summed E-state index contributed by atoms with van der Waals surface area (Å²) in [5.74, 6) is 1.13. The largest absolute Gasteiger partial charge is 0.360 e. The number of amides is 1. The van der Waals surface area contributed by atoms with E-state index in [0.717, 1.165) is 25.0 Å². The summed E-state index contributed by atoms with van der Waals surface area (Å²) in [5.41, 5.74) is 5.95. The molecule has 1 atom stereocenters. The predicted molar refractivity (Wildman–Crippen MR) is 66.3 cm³/mol. The van der Waals surface area contributed by atoms with Gasteiger partial charge in [0, 0.05) is 24.6 Å². The van der Waals surface area contributed by atoms with Gasteiger partial charge in [-0.3, -0.25) is 4.79 Å². The van der Waals surface area contributed by atoms with Gasteiger partial charge in [0.2, 0.25) is 0 Å². The van der Waals surface area contributed by atoms with E-state index in [1.54, 1.807) is 6.07 Å². The van der Waals surface area contributed by atoms with Crippen LogP contribution in [0.5, 0.6) is 0 Å². The van der Waals surface area contributed by atoms with Crippen LogP contribution < -0.4 is 11.1 Å². The molecular formula is C11H18ClN3O2. The van der Waals surface area contributed by atoms with Crippen molar-refractivity contribution >= 4 is 18.3 Å². The van der Waals surface area contributed by atoms with Gasteiger partial charge in [0.25, 0.3) is 5.91 Å². The van der Waals surface area contributed by atoms with Crippen molar-refractivity contribution in [3.05, 3.63) is 17.5 Å². The van der Waals surface area contributed by atoms with E-state index in [1.807, 2.05) is 6.92 Å². The minimum atomic E-state index is -0.184. The van der Waals surface area contributed by atoms with Gasteiger partial charge in [-0.25, -0.2) is 0 Å². The summed E-state index contributed by atoms with van der Waals surface area (Å²) in [6, 6.07) is 1.83. The molecule has 1 unspecified atom stereocenters. The van der Waals surface area contributed by atoms with Crippen LogP contribution in [0.4, 0.5) is 0 Å². The second kappa shape index (κ2) is 6.02. The van der Waals surface area contributed by atoms with E-state index in [-0.39, 0.29) is 24.4 Å². The first-order valence-electron chi connectivity index (χ1n) is 5.67. The summed E-state index contributed by atoms with van der Waals surface area (Å²) >= 11 is 0. The lowest BCUT2D eigenvalue weighted by atomic mass is 10.2. The molecule has 2 rings (SSSR count). The highest BCUT2D eigenvalue weighted by Crippen LogP contribution is 2.40. The van der Waals surface area contributed by atoms with E-state index in [1.165, 1.54) is 0 Å². The van der Waals surface area contributed by atoms with Gasteiger partial charge in [0.1, 0.15) is 5.76 Å². The number of hydrogen-bond acceptors (Lipinski definition) is 4. The fourth-order valence-electron chi connectivity index (χ4n) is 1.46. The third-order valence-electron chi connectivity index (χ3n) is 2.63. The first-order valence-corrected chi connectivity index (χ1v) is 5.67. The van der Waals surface area contributed by atoms with Crippen molar-refractivity contribution in [3.8, 4) is 0 Å². The molecule has 1 aliphatic carbocycles. The Labute approximate surface area is 107 Å². The van der Waals surface area contributed by atoms with Crippen molar-refractivity contribution in [2.24, 2.45) is 5.73 Å². The molecule has 1 heterocycles. The molecule has 0 radical (unpaired) electrons. The summed E-state index contributed by atoms with van der Waals surface area (Å²) in [5, 5.41) is 6.52. The van der Waals surface area contributed by atoms with Crippen molar-refractivity contribution in [1.29, 1.82) is 0 Å². The molecule has 0 spiro atoms. The van der Waals surface area contributed by atoms with Crippen molar-refractivity contribution < 1.29 is 9.32 Å². The van der Waals surface area contributed by atoms with E-state index in [2.05, 4.69) is 10.5 Å². The molecule has 0 bridgehead atoms. The minimum Gasteiger partial charge on any atom is -0.360 e. The molecule has 1 saturated carbocycles. The Morgan fingerprint density at radius 2 is 2.41 bits per heavy atom. The van der Waals surface area contributed by atoms with Crippen molar-refractivity contribution in [2.75, 3.05) is 6.54 Å². The number of aromatic nitrogens is 1. The summed E-state index contributed by atoms with van der Waals surface area (Å²) < 4.78 is 5.10. The first kappa shape index (κ1) is 14.0. The van der Waals surface area contributed by atoms with Gasteiger partial charge < -0.3 is 15.6 Å². The summed E-state index contributed by atoms with van der Waals surface area (Å²) in [4.78, 5) is 11.6. The van der Waals surface area contributed by atoms with Crippen LogP contribution >= 0.6 is 12.4 Å². The number of nitrogens with zero attached hydrogens (tertiary/aromatic N) is 1. The average Bonchev–Trinajstić information content (AvgIpc) is 2.96. The Balaban J connectivity index is 0.00000144. The fourth-order valence-corrected chi connectivity index (χ4v) is 1.46. The summed E-state index contributed by atoms with van der Waals surface area (Å²) in [7, 11) is 0. The number of nitrogens with one attached hydrogen (secondary N) is 1. The quantitative estimate of drug-likeness (QED) is 0.838. The Bertz CT molecular complexity index is 375. The zero-order valence-corrected chi connectivity index (χ0v) is 10.6. The number of rotatable bonds is 5. The molecule has 6 heteroatoms. The Morgan fingerprint density at radius 1 is 1.71 bits per heavy atom. The minimum absolute atomic E-state index is 0. The molecular weight excluding hydrogens is 242 g/mol. The molecule has 0 saturated heterocycles. The summed E-state index contributed by atoms with van der Waals surface area (Å²) in [6.45, 7) is 2.48. The van der Waals surface area contributed by atoms with Crippen LogP contribution in [0.3, 0.4) is 0 Å². The lowest BCUT2D eigenvalue weighted by Crippen LogP contribution is -2.29. The molecule has 1 aliphatic rings. The molecule has 96 valence electrons. The Kier molecular flexibility index (Phi) is 4.96. The van der Waals surface area contributed by atoms with Crippen LogP contribution in [-0.2, 0) is 0 Å². The third-order valence-corrected chi connectivity index (χ3v) is 2.63. The monoisotopic (exact) mass is 259 g/mol. The molecule has 5 nitrogen and oxygen atoms in total. The van der Waals surface area contributed by atoms with E-state index in [4.69, 9.17) is 10.3 Å². The third kappa shape index (κ3) is 4.02. The molecule has 0 aromatic carbocycles. The maximum atomic E-state index is 11.6. The van der Waals surface area contributed by atoms with Gasteiger partial charge in [0.05, 0.1) is 0 Å². The molecule has 1 fully saturated rings. The van der Waals surface area contributed by atoms with E-state index < -0.39 is 0 Å². The van der Waals surface area contributed by atoms with Crippen LogP contribution in [0.25, 0.3) is 0 Å². The van der Waals surface area contributed by atoms with Gasteiger partial charge in [-0.05, 0) is 26.2 Å². The van der Waals surface area contributed by atoms with E-state index >= 15 is 0 Å². The van der Waals surface area contributed by atoms with Gasteiger partial charge in [-0.2, -0.15) is 0 Å². The summed E-state index contributed by atoms with van der Waals surface area (Å²) in [6.07, 6.45) is 3.04.